The summed E-state index contributed by atoms with van der Waals surface area (Å²) in [5, 5.41) is 2.48. The maximum atomic E-state index is 11.9. The lowest BCUT2D eigenvalue weighted by molar-refractivity contribution is -0.149. The Bertz CT molecular complexity index is 543. The van der Waals surface area contributed by atoms with Gasteiger partial charge in [0.1, 0.15) is 0 Å². The molecular weight excluding hydrogens is 272 g/mol. The topological polar surface area (TPSA) is 95.7 Å². The first kappa shape index (κ1) is 16.6. The molecule has 0 aromatic heterocycles. The summed E-state index contributed by atoms with van der Waals surface area (Å²) < 4.78 is 0. The predicted molar refractivity (Wildman–Crippen MR) is 80.8 cm³/mol. The quantitative estimate of drug-likeness (QED) is 0.763. The molecule has 0 fully saturated rings. The van der Waals surface area contributed by atoms with E-state index in [9.17, 15) is 14.4 Å². The van der Waals surface area contributed by atoms with Gasteiger partial charge in [-0.05, 0) is 18.2 Å². The lowest BCUT2D eigenvalue weighted by Crippen LogP contribution is -2.44. The maximum absolute atomic E-state index is 11.9. The van der Waals surface area contributed by atoms with E-state index in [0.717, 1.165) is 10.6 Å². The molecule has 0 aliphatic heterocycles. The highest BCUT2D eigenvalue weighted by molar-refractivity contribution is 6.41. The highest BCUT2D eigenvalue weighted by atomic mass is 16.2. The van der Waals surface area contributed by atoms with Crippen LogP contribution in [0.25, 0.3) is 0 Å². The molecule has 0 saturated heterocycles. The number of rotatable bonds is 4. The Hall–Kier alpha value is -2.41. The van der Waals surface area contributed by atoms with Crippen LogP contribution in [0.3, 0.4) is 0 Å². The SMILES string of the molecule is CC(=O)N(CCN)C(=O)C(=O)Nc1cccc(N(C)C)c1. The molecule has 1 aromatic rings. The standard InChI is InChI=1S/C14H20N4O3/c1-10(19)18(8-7-15)14(21)13(20)16-11-5-4-6-12(9-11)17(2)3/h4-6,9H,7-8,15H2,1-3H3,(H,16,20). The van der Waals surface area contributed by atoms with Crippen molar-refractivity contribution in [2.75, 3.05) is 37.4 Å². The molecule has 0 aliphatic carbocycles. The zero-order valence-corrected chi connectivity index (χ0v) is 12.4. The van der Waals surface area contributed by atoms with Crippen LogP contribution in [0, 0.1) is 0 Å². The number of anilines is 2. The molecule has 114 valence electrons. The van der Waals surface area contributed by atoms with Crippen molar-refractivity contribution >= 4 is 29.1 Å². The smallest absolute Gasteiger partial charge is 0.318 e. The van der Waals surface area contributed by atoms with Gasteiger partial charge in [-0.3, -0.25) is 19.3 Å². The monoisotopic (exact) mass is 292 g/mol. The number of nitrogens with zero attached hydrogens (tertiary/aromatic N) is 2. The van der Waals surface area contributed by atoms with E-state index in [1.54, 1.807) is 18.2 Å². The van der Waals surface area contributed by atoms with Gasteiger partial charge in [0, 0.05) is 45.5 Å². The molecule has 21 heavy (non-hydrogen) atoms. The van der Waals surface area contributed by atoms with E-state index in [4.69, 9.17) is 5.73 Å². The Morgan fingerprint density at radius 1 is 1.24 bits per heavy atom. The zero-order valence-electron chi connectivity index (χ0n) is 12.4. The lowest BCUT2D eigenvalue weighted by Gasteiger charge is -2.18. The van der Waals surface area contributed by atoms with E-state index in [1.165, 1.54) is 6.92 Å². The van der Waals surface area contributed by atoms with E-state index in [2.05, 4.69) is 5.32 Å². The second kappa shape index (κ2) is 7.39. The summed E-state index contributed by atoms with van der Waals surface area (Å²) in [4.78, 5) is 37.9. The van der Waals surface area contributed by atoms with Crippen LogP contribution in [-0.4, -0.2) is 49.8 Å². The summed E-state index contributed by atoms with van der Waals surface area (Å²) in [6.07, 6.45) is 0. The number of benzene rings is 1. The van der Waals surface area contributed by atoms with Gasteiger partial charge >= 0.3 is 11.8 Å². The lowest BCUT2D eigenvalue weighted by atomic mass is 10.2. The van der Waals surface area contributed by atoms with Crippen molar-refractivity contribution in [1.82, 2.24) is 4.90 Å². The largest absolute Gasteiger partial charge is 0.378 e. The van der Waals surface area contributed by atoms with Gasteiger partial charge in [-0.25, -0.2) is 0 Å². The molecule has 0 radical (unpaired) electrons. The molecule has 7 nitrogen and oxygen atoms in total. The van der Waals surface area contributed by atoms with Gasteiger partial charge in [-0.15, -0.1) is 0 Å². The average molecular weight is 292 g/mol. The minimum atomic E-state index is -0.914. The summed E-state index contributed by atoms with van der Waals surface area (Å²) >= 11 is 0. The molecule has 0 spiro atoms. The Labute approximate surface area is 123 Å². The van der Waals surface area contributed by atoms with Crippen LogP contribution in [-0.2, 0) is 14.4 Å². The van der Waals surface area contributed by atoms with Crippen molar-refractivity contribution in [3.8, 4) is 0 Å². The van der Waals surface area contributed by atoms with Gasteiger partial charge in [0.25, 0.3) is 0 Å². The number of carbonyl (C=O) groups is 3. The zero-order chi connectivity index (χ0) is 16.0. The minimum Gasteiger partial charge on any atom is -0.378 e. The van der Waals surface area contributed by atoms with Crippen LogP contribution in [0.15, 0.2) is 24.3 Å². The summed E-state index contributed by atoms with van der Waals surface area (Å²) in [7, 11) is 3.73. The van der Waals surface area contributed by atoms with Crippen molar-refractivity contribution in [1.29, 1.82) is 0 Å². The third kappa shape index (κ3) is 4.57. The fourth-order valence-electron chi connectivity index (χ4n) is 1.70. The third-order valence-corrected chi connectivity index (χ3v) is 2.79. The first-order chi connectivity index (χ1) is 9.86. The van der Waals surface area contributed by atoms with Gasteiger partial charge in [-0.2, -0.15) is 0 Å². The normalized spacial score (nSPS) is 9.90. The Morgan fingerprint density at radius 2 is 1.90 bits per heavy atom. The van der Waals surface area contributed by atoms with Gasteiger partial charge in [0.05, 0.1) is 0 Å². The maximum Gasteiger partial charge on any atom is 0.318 e. The van der Waals surface area contributed by atoms with E-state index in [0.29, 0.717) is 5.69 Å². The van der Waals surface area contributed by atoms with Crippen LogP contribution in [0.1, 0.15) is 6.92 Å². The second-order valence-electron chi connectivity index (χ2n) is 4.66. The van der Waals surface area contributed by atoms with Gasteiger partial charge in [-0.1, -0.05) is 6.07 Å². The van der Waals surface area contributed by atoms with E-state index in [1.807, 2.05) is 25.1 Å². The number of hydrogen-bond donors (Lipinski definition) is 2. The number of nitrogens with two attached hydrogens (primary N) is 1. The van der Waals surface area contributed by atoms with E-state index < -0.39 is 17.7 Å². The van der Waals surface area contributed by atoms with Crippen LogP contribution in [0.2, 0.25) is 0 Å². The molecule has 7 heteroatoms. The highest BCUT2D eigenvalue weighted by Gasteiger charge is 2.24. The molecule has 3 amide bonds. The fraction of sp³-hybridized carbons (Fsp3) is 0.357. The predicted octanol–water partition coefficient (Wildman–Crippen LogP) is 0.0249. The number of hydrogen-bond acceptors (Lipinski definition) is 5. The van der Waals surface area contributed by atoms with Crippen molar-refractivity contribution < 1.29 is 14.4 Å². The summed E-state index contributed by atoms with van der Waals surface area (Å²) in [5.74, 6) is -2.29. The number of imide groups is 1. The Kier molecular flexibility index (Phi) is 5.86. The molecule has 3 N–H and O–H groups in total. The molecular formula is C14H20N4O3. The number of carbonyl (C=O) groups excluding carboxylic acids is 3. The van der Waals surface area contributed by atoms with Crippen molar-refractivity contribution in [3.05, 3.63) is 24.3 Å². The molecule has 0 unspecified atom stereocenters. The fourth-order valence-corrected chi connectivity index (χ4v) is 1.70. The molecule has 0 atom stereocenters. The number of amides is 3. The van der Waals surface area contributed by atoms with Crippen LogP contribution in [0.5, 0.6) is 0 Å². The van der Waals surface area contributed by atoms with Crippen LogP contribution < -0.4 is 16.0 Å². The first-order valence-corrected chi connectivity index (χ1v) is 6.47. The average Bonchev–Trinajstić information content (AvgIpc) is 2.43. The Balaban J connectivity index is 2.82. The molecule has 0 aliphatic rings. The van der Waals surface area contributed by atoms with Crippen molar-refractivity contribution in [3.63, 3.8) is 0 Å². The minimum absolute atomic E-state index is 0.0132. The van der Waals surface area contributed by atoms with Crippen molar-refractivity contribution in [2.45, 2.75) is 6.92 Å². The molecule has 1 rings (SSSR count). The summed E-state index contributed by atoms with van der Waals surface area (Å²) in [6, 6.07) is 7.03. The molecule has 1 aromatic carbocycles. The van der Waals surface area contributed by atoms with E-state index in [-0.39, 0.29) is 13.1 Å². The summed E-state index contributed by atoms with van der Waals surface area (Å²) in [5.41, 5.74) is 6.69. The number of nitrogens with one attached hydrogen (secondary N) is 1. The van der Waals surface area contributed by atoms with Gasteiger partial charge in [0.15, 0.2) is 0 Å². The molecule has 0 heterocycles. The van der Waals surface area contributed by atoms with Crippen molar-refractivity contribution in [2.24, 2.45) is 5.73 Å². The second-order valence-corrected chi connectivity index (χ2v) is 4.66. The van der Waals surface area contributed by atoms with E-state index >= 15 is 0 Å². The Morgan fingerprint density at radius 3 is 2.43 bits per heavy atom. The summed E-state index contributed by atoms with van der Waals surface area (Å²) in [6.45, 7) is 1.33. The third-order valence-electron chi connectivity index (χ3n) is 2.79. The molecule has 0 saturated carbocycles. The highest BCUT2D eigenvalue weighted by Crippen LogP contribution is 2.17. The van der Waals surface area contributed by atoms with Gasteiger partial charge < -0.3 is 16.0 Å². The van der Waals surface area contributed by atoms with Crippen LogP contribution in [0.4, 0.5) is 11.4 Å². The van der Waals surface area contributed by atoms with Crippen LogP contribution >= 0.6 is 0 Å². The first-order valence-electron chi connectivity index (χ1n) is 6.47. The molecule has 0 bridgehead atoms. The van der Waals surface area contributed by atoms with Gasteiger partial charge in [0.2, 0.25) is 5.91 Å².